The zero-order chi connectivity index (χ0) is 20.6. The number of fused-ring (bicyclic) bond motifs is 4. The van der Waals surface area contributed by atoms with Gasteiger partial charge < -0.3 is 14.7 Å². The molecule has 2 fully saturated rings. The molecule has 6 atom stereocenters. The highest BCUT2D eigenvalue weighted by atomic mass is 35.5. The van der Waals surface area contributed by atoms with Gasteiger partial charge in [0.15, 0.2) is 5.78 Å². The van der Waals surface area contributed by atoms with E-state index in [4.69, 9.17) is 21.2 Å². The van der Waals surface area contributed by atoms with E-state index >= 15 is 0 Å². The fourth-order valence-corrected chi connectivity index (χ4v) is 5.72. The van der Waals surface area contributed by atoms with Crippen LogP contribution in [-0.4, -0.2) is 39.9 Å². The lowest BCUT2D eigenvalue weighted by atomic mass is 9.63. The van der Waals surface area contributed by atoms with Gasteiger partial charge in [-0.15, -0.1) is 0 Å². The van der Waals surface area contributed by atoms with E-state index in [1.165, 1.54) is 6.08 Å². The molecule has 2 aliphatic carbocycles. The summed E-state index contributed by atoms with van der Waals surface area (Å²) >= 11 is 5.97. The van der Waals surface area contributed by atoms with Gasteiger partial charge in [-0.3, -0.25) is 4.79 Å². The van der Waals surface area contributed by atoms with Gasteiger partial charge in [-0.25, -0.2) is 4.79 Å². The van der Waals surface area contributed by atoms with Crippen LogP contribution in [0.15, 0.2) is 41.6 Å². The Morgan fingerprint density at radius 3 is 2.66 bits per heavy atom. The second-order valence-corrected chi connectivity index (χ2v) is 9.27. The number of carbonyl (C=O) groups excluding carboxylic acids is 2. The molecule has 5 rings (SSSR count). The molecule has 1 aromatic rings. The third-order valence-electron chi connectivity index (χ3n) is 7.53. The Hall–Kier alpha value is -2.18. The minimum absolute atomic E-state index is 0.158. The monoisotopic (exact) mass is 415 g/mol. The lowest BCUT2D eigenvalue weighted by molar-refractivity contribution is -0.169. The minimum atomic E-state index is -1.35. The molecule has 1 N–H and O–H groups in total. The number of oxime groups is 1. The number of nitrogens with zero attached hydrogens (tertiary/aromatic N) is 1. The quantitative estimate of drug-likeness (QED) is 0.712. The van der Waals surface area contributed by atoms with Gasteiger partial charge in [-0.1, -0.05) is 35.8 Å². The fraction of sp³-hybridized carbons (Fsp3) is 0.500. The largest absolute Gasteiger partial charge is 0.458 e. The van der Waals surface area contributed by atoms with Crippen LogP contribution in [0.3, 0.4) is 0 Å². The summed E-state index contributed by atoms with van der Waals surface area (Å²) in [5.41, 5.74) is -2.39. The molecule has 29 heavy (non-hydrogen) atoms. The summed E-state index contributed by atoms with van der Waals surface area (Å²) < 4.78 is 5.81. The molecule has 1 aromatic carbocycles. The normalized spacial score (nSPS) is 42.9. The zero-order valence-corrected chi connectivity index (χ0v) is 17.0. The fourth-order valence-electron chi connectivity index (χ4n) is 5.59. The molecule has 152 valence electrons. The SMILES string of the molecule is C[C@H]1CC[C@@H]2[C@@H](OC(=O)[C@]23CC(c2ccc(Cl)cc2)=NO3)[C@]2(C)C(=O)C=C[C@@]12O. The van der Waals surface area contributed by atoms with Crippen LogP contribution in [0.5, 0.6) is 0 Å². The lowest BCUT2D eigenvalue weighted by Crippen LogP contribution is -2.57. The van der Waals surface area contributed by atoms with E-state index in [2.05, 4.69) is 5.16 Å². The van der Waals surface area contributed by atoms with E-state index in [1.54, 1.807) is 25.1 Å². The van der Waals surface area contributed by atoms with E-state index in [9.17, 15) is 14.7 Å². The third kappa shape index (κ3) is 2.24. The Bertz CT molecular complexity index is 972. The summed E-state index contributed by atoms with van der Waals surface area (Å²) in [4.78, 5) is 31.8. The van der Waals surface area contributed by atoms with Crippen LogP contribution in [-0.2, 0) is 19.2 Å². The van der Waals surface area contributed by atoms with Crippen molar-refractivity contribution in [1.29, 1.82) is 0 Å². The molecule has 0 unspecified atom stereocenters. The van der Waals surface area contributed by atoms with Gasteiger partial charge in [0, 0.05) is 11.4 Å². The molecule has 0 amide bonds. The van der Waals surface area contributed by atoms with Gasteiger partial charge in [0.2, 0.25) is 5.60 Å². The third-order valence-corrected chi connectivity index (χ3v) is 7.79. The summed E-state index contributed by atoms with van der Waals surface area (Å²) in [5.74, 6) is -1.27. The number of esters is 1. The number of rotatable bonds is 1. The van der Waals surface area contributed by atoms with Crippen molar-refractivity contribution >= 4 is 29.1 Å². The highest BCUT2D eigenvalue weighted by Gasteiger charge is 2.73. The van der Waals surface area contributed by atoms with Crippen LogP contribution in [0.1, 0.15) is 38.7 Å². The average Bonchev–Trinajstić information content (AvgIpc) is 3.32. The summed E-state index contributed by atoms with van der Waals surface area (Å²) in [6, 6.07) is 7.19. The number of hydrogen-bond donors (Lipinski definition) is 1. The molecule has 0 bridgehead atoms. The average molecular weight is 416 g/mol. The predicted octanol–water partition coefficient (Wildman–Crippen LogP) is 3.05. The second kappa shape index (κ2) is 5.92. The number of ether oxygens (including phenoxy) is 1. The van der Waals surface area contributed by atoms with Crippen LogP contribution in [0.2, 0.25) is 5.02 Å². The van der Waals surface area contributed by atoms with Crippen molar-refractivity contribution in [3.63, 3.8) is 0 Å². The maximum Gasteiger partial charge on any atom is 0.354 e. The molecule has 1 spiro atoms. The van der Waals surface area contributed by atoms with Crippen molar-refractivity contribution in [3.8, 4) is 0 Å². The molecular weight excluding hydrogens is 394 g/mol. The summed E-state index contributed by atoms with van der Waals surface area (Å²) in [7, 11) is 0. The minimum Gasteiger partial charge on any atom is -0.458 e. The first-order valence-corrected chi connectivity index (χ1v) is 10.3. The number of aliphatic hydroxyl groups is 1. The van der Waals surface area contributed by atoms with Crippen molar-refractivity contribution in [3.05, 3.63) is 47.0 Å². The number of carbonyl (C=O) groups is 2. The first-order chi connectivity index (χ1) is 13.7. The van der Waals surface area contributed by atoms with E-state index in [-0.39, 0.29) is 24.0 Å². The maximum atomic E-state index is 13.1. The molecule has 1 saturated carbocycles. The highest BCUT2D eigenvalue weighted by molar-refractivity contribution is 6.30. The second-order valence-electron chi connectivity index (χ2n) is 8.84. The summed E-state index contributed by atoms with van der Waals surface area (Å²) in [6.07, 6.45) is 3.73. The highest BCUT2D eigenvalue weighted by Crippen LogP contribution is 2.59. The molecule has 2 heterocycles. The van der Waals surface area contributed by atoms with Gasteiger partial charge in [0.1, 0.15) is 17.1 Å². The first-order valence-electron chi connectivity index (χ1n) is 9.90. The van der Waals surface area contributed by atoms with Crippen LogP contribution in [0.25, 0.3) is 0 Å². The predicted molar refractivity (Wildman–Crippen MR) is 105 cm³/mol. The van der Waals surface area contributed by atoms with Gasteiger partial charge in [-0.2, -0.15) is 0 Å². The molecule has 1 saturated heterocycles. The topological polar surface area (TPSA) is 85.2 Å². The Labute approximate surface area is 173 Å². The molecular formula is C22H22ClNO5. The van der Waals surface area contributed by atoms with Gasteiger partial charge in [-0.05, 0) is 55.5 Å². The molecule has 0 aromatic heterocycles. The Morgan fingerprint density at radius 2 is 1.93 bits per heavy atom. The Morgan fingerprint density at radius 1 is 1.21 bits per heavy atom. The number of hydrogen-bond acceptors (Lipinski definition) is 6. The molecule has 6 nitrogen and oxygen atoms in total. The van der Waals surface area contributed by atoms with Crippen molar-refractivity contribution < 1.29 is 24.3 Å². The molecule has 2 aliphatic heterocycles. The van der Waals surface area contributed by atoms with Crippen molar-refractivity contribution in [2.45, 2.75) is 50.4 Å². The van der Waals surface area contributed by atoms with Gasteiger partial charge >= 0.3 is 5.97 Å². The van der Waals surface area contributed by atoms with E-state index < -0.39 is 28.7 Å². The Balaban J connectivity index is 1.53. The van der Waals surface area contributed by atoms with Gasteiger partial charge in [0.25, 0.3) is 0 Å². The van der Waals surface area contributed by atoms with Crippen molar-refractivity contribution in [2.75, 3.05) is 0 Å². The lowest BCUT2D eigenvalue weighted by Gasteiger charge is -2.43. The number of ketones is 1. The summed E-state index contributed by atoms with van der Waals surface area (Å²) in [6.45, 7) is 3.64. The zero-order valence-electron chi connectivity index (χ0n) is 16.2. The maximum absolute atomic E-state index is 13.1. The van der Waals surface area contributed by atoms with E-state index in [0.29, 0.717) is 23.6 Å². The van der Waals surface area contributed by atoms with E-state index in [0.717, 1.165) is 5.56 Å². The van der Waals surface area contributed by atoms with Crippen LogP contribution in [0, 0.1) is 17.3 Å². The van der Waals surface area contributed by atoms with Crippen LogP contribution >= 0.6 is 11.6 Å². The van der Waals surface area contributed by atoms with Crippen molar-refractivity contribution in [2.24, 2.45) is 22.4 Å². The van der Waals surface area contributed by atoms with Crippen LogP contribution in [0.4, 0.5) is 0 Å². The first kappa shape index (κ1) is 18.8. The van der Waals surface area contributed by atoms with Crippen molar-refractivity contribution in [1.82, 2.24) is 0 Å². The Kier molecular flexibility index (Phi) is 3.84. The summed E-state index contributed by atoms with van der Waals surface area (Å²) in [5, 5.41) is 16.3. The molecule has 0 radical (unpaired) electrons. The smallest absolute Gasteiger partial charge is 0.354 e. The molecule has 7 heteroatoms. The van der Waals surface area contributed by atoms with Gasteiger partial charge in [0.05, 0.1) is 11.6 Å². The van der Waals surface area contributed by atoms with Crippen LogP contribution < -0.4 is 0 Å². The molecule has 4 aliphatic rings. The van der Waals surface area contributed by atoms with E-state index in [1.807, 2.05) is 19.1 Å². The standard InChI is InChI=1S/C22H22ClNO5/c1-12-3-8-15-18(20(2)17(25)9-10-22(12,20)27)28-19(26)21(15)11-16(24-29-21)13-4-6-14(23)7-5-13/h4-7,9-10,12,15,18,27H,3,8,11H2,1-2H3/t12-,15+,18+,20-,21-,22+/m0/s1. The number of halogens is 1. The number of allylic oxidation sites excluding steroid dienone is 1. The number of benzene rings is 1.